The Morgan fingerprint density at radius 2 is 2.09 bits per heavy atom. The van der Waals surface area contributed by atoms with E-state index in [-0.39, 0.29) is 18.4 Å². The van der Waals surface area contributed by atoms with Crippen LogP contribution in [0.4, 0.5) is 0 Å². The highest BCUT2D eigenvalue weighted by atomic mass is 16.5. The summed E-state index contributed by atoms with van der Waals surface area (Å²) in [7, 11) is 0. The molecule has 3 rings (SSSR count). The van der Waals surface area contributed by atoms with Gasteiger partial charge in [0.05, 0.1) is 13.0 Å². The van der Waals surface area contributed by atoms with Crippen LogP contribution in [-0.2, 0) is 17.6 Å². The number of hydrogen-bond donors (Lipinski definition) is 1. The monoisotopic (exact) mass is 305 g/mol. The molecule has 0 aliphatic heterocycles. The Morgan fingerprint density at radius 3 is 2.87 bits per heavy atom. The fourth-order valence-corrected chi connectivity index (χ4v) is 2.97. The first kappa shape index (κ1) is 15.3. The Bertz CT molecular complexity index is 731. The van der Waals surface area contributed by atoms with E-state index < -0.39 is 0 Å². The third kappa shape index (κ3) is 3.80. The minimum atomic E-state index is -0.248. The second-order valence-electron chi connectivity index (χ2n) is 5.67. The Morgan fingerprint density at radius 1 is 1.26 bits per heavy atom. The number of ether oxygens (including phenoxy) is 1. The van der Waals surface area contributed by atoms with E-state index in [0.29, 0.717) is 12.3 Å². The van der Waals surface area contributed by atoms with E-state index in [0.717, 1.165) is 18.4 Å². The first-order chi connectivity index (χ1) is 11.3. The van der Waals surface area contributed by atoms with Gasteiger partial charge in [-0.2, -0.15) is 0 Å². The minimum absolute atomic E-state index is 0.244. The van der Waals surface area contributed by atoms with Crippen LogP contribution in [0.2, 0.25) is 0 Å². The zero-order chi connectivity index (χ0) is 16.1. The largest absolute Gasteiger partial charge is 0.426 e. The van der Waals surface area contributed by atoms with Crippen molar-refractivity contribution in [1.82, 2.24) is 5.32 Å². The summed E-state index contributed by atoms with van der Waals surface area (Å²) in [5, 5.41) is 3.33. The first-order valence-electron chi connectivity index (χ1n) is 7.80. The van der Waals surface area contributed by atoms with E-state index in [1.54, 1.807) is 0 Å². The van der Waals surface area contributed by atoms with Gasteiger partial charge in [0, 0.05) is 6.04 Å². The number of benzene rings is 2. The molecule has 0 radical (unpaired) electrons. The van der Waals surface area contributed by atoms with Crippen LogP contribution in [0.3, 0.4) is 0 Å². The SMILES string of the molecule is C#CCNC1CCc2ccc(OC(=O)Cc3ccccc3)cc21. The van der Waals surface area contributed by atoms with E-state index in [9.17, 15) is 4.79 Å². The molecule has 23 heavy (non-hydrogen) atoms. The van der Waals surface area contributed by atoms with Crippen molar-refractivity contribution in [2.24, 2.45) is 0 Å². The van der Waals surface area contributed by atoms with Crippen LogP contribution in [0, 0.1) is 12.3 Å². The number of terminal acetylenes is 1. The number of hydrogen-bond acceptors (Lipinski definition) is 3. The lowest BCUT2D eigenvalue weighted by Crippen LogP contribution is -2.19. The summed E-state index contributed by atoms with van der Waals surface area (Å²) >= 11 is 0. The summed E-state index contributed by atoms with van der Waals surface area (Å²) < 4.78 is 5.49. The normalized spacial score (nSPS) is 15.7. The lowest BCUT2D eigenvalue weighted by Gasteiger charge is -2.13. The second-order valence-corrected chi connectivity index (χ2v) is 5.67. The lowest BCUT2D eigenvalue weighted by atomic mass is 10.1. The Balaban J connectivity index is 1.67. The van der Waals surface area contributed by atoms with Crippen LogP contribution >= 0.6 is 0 Å². The number of esters is 1. The van der Waals surface area contributed by atoms with Gasteiger partial charge in [-0.05, 0) is 41.7 Å². The van der Waals surface area contributed by atoms with Crippen molar-refractivity contribution in [1.29, 1.82) is 0 Å². The fraction of sp³-hybridized carbons (Fsp3) is 0.250. The van der Waals surface area contributed by atoms with E-state index >= 15 is 0 Å². The van der Waals surface area contributed by atoms with Gasteiger partial charge in [0.2, 0.25) is 0 Å². The Kier molecular flexibility index (Phi) is 4.75. The highest BCUT2D eigenvalue weighted by Crippen LogP contribution is 2.33. The summed E-state index contributed by atoms with van der Waals surface area (Å²) in [6.07, 6.45) is 7.64. The molecule has 116 valence electrons. The van der Waals surface area contributed by atoms with E-state index in [4.69, 9.17) is 11.2 Å². The molecule has 0 amide bonds. The van der Waals surface area contributed by atoms with E-state index in [1.807, 2.05) is 48.5 Å². The van der Waals surface area contributed by atoms with Gasteiger partial charge in [-0.1, -0.05) is 42.3 Å². The molecule has 1 unspecified atom stereocenters. The highest BCUT2D eigenvalue weighted by molar-refractivity contribution is 5.75. The number of aryl methyl sites for hydroxylation is 1. The zero-order valence-electron chi connectivity index (χ0n) is 12.9. The smallest absolute Gasteiger partial charge is 0.315 e. The molecule has 0 fully saturated rings. The molecular weight excluding hydrogens is 286 g/mol. The molecule has 0 aromatic heterocycles. The van der Waals surface area contributed by atoms with Crippen LogP contribution in [0.25, 0.3) is 0 Å². The molecule has 0 heterocycles. The van der Waals surface area contributed by atoms with Crippen molar-refractivity contribution in [2.45, 2.75) is 25.3 Å². The summed E-state index contributed by atoms with van der Waals surface area (Å²) in [6.45, 7) is 0.544. The summed E-state index contributed by atoms with van der Waals surface area (Å²) in [4.78, 5) is 12.1. The fourth-order valence-electron chi connectivity index (χ4n) is 2.97. The minimum Gasteiger partial charge on any atom is -0.426 e. The summed E-state index contributed by atoms with van der Waals surface area (Å²) in [6, 6.07) is 15.7. The molecule has 0 bridgehead atoms. The highest BCUT2D eigenvalue weighted by Gasteiger charge is 2.22. The third-order valence-corrected chi connectivity index (χ3v) is 4.07. The first-order valence-corrected chi connectivity index (χ1v) is 7.80. The van der Waals surface area contributed by atoms with E-state index in [1.165, 1.54) is 11.1 Å². The predicted molar refractivity (Wildman–Crippen MR) is 90.1 cm³/mol. The molecule has 1 N–H and O–H groups in total. The van der Waals surface area contributed by atoms with Crippen molar-refractivity contribution >= 4 is 5.97 Å². The van der Waals surface area contributed by atoms with Crippen molar-refractivity contribution in [3.63, 3.8) is 0 Å². The number of rotatable bonds is 5. The standard InChI is InChI=1S/C20H19NO2/c1-2-12-21-19-11-9-16-8-10-17(14-18(16)19)23-20(22)13-15-6-4-3-5-7-15/h1,3-8,10,14,19,21H,9,11-13H2. The molecule has 0 saturated carbocycles. The Labute approximate surface area is 136 Å². The maximum Gasteiger partial charge on any atom is 0.315 e. The number of carbonyl (C=O) groups is 1. The van der Waals surface area contributed by atoms with Crippen molar-refractivity contribution in [3.8, 4) is 18.1 Å². The van der Waals surface area contributed by atoms with Gasteiger partial charge in [-0.25, -0.2) is 0 Å². The van der Waals surface area contributed by atoms with Gasteiger partial charge in [0.25, 0.3) is 0 Å². The average Bonchev–Trinajstić information content (AvgIpc) is 2.96. The van der Waals surface area contributed by atoms with Gasteiger partial charge in [-0.15, -0.1) is 6.42 Å². The molecule has 0 spiro atoms. The number of fused-ring (bicyclic) bond motifs is 1. The van der Waals surface area contributed by atoms with Crippen LogP contribution in [0.15, 0.2) is 48.5 Å². The van der Waals surface area contributed by atoms with Crippen molar-refractivity contribution in [2.75, 3.05) is 6.54 Å². The quantitative estimate of drug-likeness (QED) is 0.524. The summed E-state index contributed by atoms with van der Waals surface area (Å²) in [5.41, 5.74) is 3.43. The molecule has 2 aromatic carbocycles. The lowest BCUT2D eigenvalue weighted by molar-refractivity contribution is -0.133. The topological polar surface area (TPSA) is 38.3 Å². The Hall–Kier alpha value is -2.57. The van der Waals surface area contributed by atoms with Gasteiger partial charge < -0.3 is 4.74 Å². The number of nitrogens with one attached hydrogen (secondary N) is 1. The van der Waals surface area contributed by atoms with Crippen LogP contribution in [0.1, 0.15) is 29.2 Å². The van der Waals surface area contributed by atoms with Gasteiger partial charge in [0.15, 0.2) is 0 Å². The van der Waals surface area contributed by atoms with Crippen LogP contribution < -0.4 is 10.1 Å². The molecule has 3 nitrogen and oxygen atoms in total. The summed E-state index contributed by atoms with van der Waals surface area (Å²) in [5.74, 6) is 2.95. The maximum absolute atomic E-state index is 12.1. The molecule has 1 aliphatic carbocycles. The number of carbonyl (C=O) groups excluding carboxylic acids is 1. The molecule has 1 aliphatic rings. The second kappa shape index (κ2) is 7.13. The van der Waals surface area contributed by atoms with Crippen molar-refractivity contribution in [3.05, 3.63) is 65.2 Å². The van der Waals surface area contributed by atoms with Crippen LogP contribution in [0.5, 0.6) is 5.75 Å². The molecular formula is C20H19NO2. The van der Waals surface area contributed by atoms with E-state index in [2.05, 4.69) is 11.2 Å². The third-order valence-electron chi connectivity index (χ3n) is 4.07. The maximum atomic E-state index is 12.1. The van der Waals surface area contributed by atoms with Gasteiger partial charge >= 0.3 is 5.97 Å². The molecule has 0 saturated heterocycles. The average molecular weight is 305 g/mol. The van der Waals surface area contributed by atoms with Crippen LogP contribution in [-0.4, -0.2) is 12.5 Å². The predicted octanol–water partition coefficient (Wildman–Crippen LogP) is 3.04. The van der Waals surface area contributed by atoms with Gasteiger partial charge in [0.1, 0.15) is 5.75 Å². The molecule has 3 heteroatoms. The zero-order valence-corrected chi connectivity index (χ0v) is 12.9. The van der Waals surface area contributed by atoms with Gasteiger partial charge in [-0.3, -0.25) is 10.1 Å². The molecule has 2 aromatic rings. The molecule has 1 atom stereocenters. The van der Waals surface area contributed by atoms with Crippen molar-refractivity contribution < 1.29 is 9.53 Å².